The number of amides is 1. The molecule has 0 saturated carbocycles. The van der Waals surface area contributed by atoms with Gasteiger partial charge in [-0.15, -0.1) is 0 Å². The van der Waals surface area contributed by atoms with E-state index in [0.29, 0.717) is 13.2 Å². The second-order valence-corrected chi connectivity index (χ2v) is 3.42. The number of morpholine rings is 1. The Morgan fingerprint density at radius 2 is 2.20 bits per heavy atom. The Kier molecular flexibility index (Phi) is 3.32. The summed E-state index contributed by atoms with van der Waals surface area (Å²) in [6.45, 7) is 1.99. The lowest BCUT2D eigenvalue weighted by Gasteiger charge is -2.22. The zero-order chi connectivity index (χ0) is 10.5. The van der Waals surface area contributed by atoms with Crippen LogP contribution in [0.2, 0.25) is 0 Å². The molecule has 0 spiro atoms. The number of para-hydroxylation sites is 1. The van der Waals surface area contributed by atoms with E-state index in [1.807, 2.05) is 30.3 Å². The van der Waals surface area contributed by atoms with Crippen molar-refractivity contribution in [1.82, 2.24) is 5.32 Å². The number of nitrogens with one attached hydrogen (secondary N) is 2. The topological polar surface area (TPSA) is 50.4 Å². The van der Waals surface area contributed by atoms with Crippen molar-refractivity contribution in [3.8, 4) is 0 Å². The minimum Gasteiger partial charge on any atom is -0.366 e. The van der Waals surface area contributed by atoms with Crippen molar-refractivity contribution in [3.63, 3.8) is 0 Å². The Labute approximate surface area is 88.6 Å². The quantitative estimate of drug-likeness (QED) is 0.745. The molecule has 0 radical (unpaired) electrons. The van der Waals surface area contributed by atoms with Gasteiger partial charge in [0.15, 0.2) is 0 Å². The Morgan fingerprint density at radius 1 is 1.40 bits per heavy atom. The van der Waals surface area contributed by atoms with Crippen LogP contribution in [0.1, 0.15) is 0 Å². The van der Waals surface area contributed by atoms with Crippen molar-refractivity contribution in [1.29, 1.82) is 0 Å². The van der Waals surface area contributed by atoms with Gasteiger partial charge in [-0.25, -0.2) is 0 Å². The fourth-order valence-corrected chi connectivity index (χ4v) is 1.48. The Hall–Kier alpha value is -1.39. The molecule has 2 rings (SSSR count). The molecule has 0 unspecified atom stereocenters. The first kappa shape index (κ1) is 10.1. The normalized spacial score (nSPS) is 20.9. The van der Waals surface area contributed by atoms with E-state index in [-0.39, 0.29) is 12.0 Å². The highest BCUT2D eigenvalue weighted by Crippen LogP contribution is 2.07. The average molecular weight is 206 g/mol. The predicted molar refractivity (Wildman–Crippen MR) is 57.7 cm³/mol. The van der Waals surface area contributed by atoms with Gasteiger partial charge in [0, 0.05) is 18.8 Å². The fraction of sp³-hybridized carbons (Fsp3) is 0.364. The Morgan fingerprint density at radius 3 is 2.87 bits per heavy atom. The maximum atomic E-state index is 11.7. The summed E-state index contributed by atoms with van der Waals surface area (Å²) in [4.78, 5) is 11.7. The second-order valence-electron chi connectivity index (χ2n) is 3.42. The number of hydrogen-bond donors (Lipinski definition) is 2. The van der Waals surface area contributed by atoms with Crippen LogP contribution in [0, 0.1) is 0 Å². The molecular formula is C11H14N2O2. The number of carbonyl (C=O) groups excluding carboxylic acids is 1. The van der Waals surface area contributed by atoms with Gasteiger partial charge in [0.1, 0.15) is 6.10 Å². The number of anilines is 1. The highest BCUT2D eigenvalue weighted by molar-refractivity contribution is 5.94. The first-order chi connectivity index (χ1) is 7.36. The fourth-order valence-electron chi connectivity index (χ4n) is 1.48. The molecule has 80 valence electrons. The number of benzene rings is 1. The number of carbonyl (C=O) groups is 1. The summed E-state index contributed by atoms with van der Waals surface area (Å²) in [7, 11) is 0. The van der Waals surface area contributed by atoms with E-state index in [9.17, 15) is 4.79 Å². The molecule has 1 fully saturated rings. The summed E-state index contributed by atoms with van der Waals surface area (Å²) in [5.74, 6) is -0.0894. The monoisotopic (exact) mass is 206 g/mol. The number of rotatable bonds is 2. The van der Waals surface area contributed by atoms with E-state index in [2.05, 4.69) is 10.6 Å². The van der Waals surface area contributed by atoms with Crippen LogP contribution in [0.3, 0.4) is 0 Å². The molecule has 1 aromatic carbocycles. The molecule has 4 heteroatoms. The molecule has 0 bridgehead atoms. The summed E-state index contributed by atoms with van der Waals surface area (Å²) >= 11 is 0. The standard InChI is InChI=1S/C11H14N2O2/c14-11(10-8-12-6-7-15-10)13-9-4-2-1-3-5-9/h1-5,10,12H,6-8H2,(H,13,14)/t10-/m0/s1. The second kappa shape index (κ2) is 4.91. The minimum atomic E-state index is -0.376. The van der Waals surface area contributed by atoms with Crippen molar-refractivity contribution in [2.75, 3.05) is 25.0 Å². The molecule has 1 aliphatic rings. The molecule has 1 aromatic rings. The highest BCUT2D eigenvalue weighted by Gasteiger charge is 2.21. The van der Waals surface area contributed by atoms with Gasteiger partial charge in [-0.1, -0.05) is 18.2 Å². The summed E-state index contributed by atoms with van der Waals surface area (Å²) in [5.41, 5.74) is 0.802. The first-order valence-electron chi connectivity index (χ1n) is 5.04. The van der Waals surface area contributed by atoms with Gasteiger partial charge in [0.25, 0.3) is 5.91 Å². The number of ether oxygens (including phenoxy) is 1. The van der Waals surface area contributed by atoms with Crippen molar-refractivity contribution in [2.24, 2.45) is 0 Å². The summed E-state index contributed by atoms with van der Waals surface area (Å²) < 4.78 is 5.34. The van der Waals surface area contributed by atoms with Crippen LogP contribution in [0.5, 0.6) is 0 Å². The lowest BCUT2D eigenvalue weighted by molar-refractivity contribution is -0.128. The predicted octanol–water partition coefficient (Wildman–Crippen LogP) is 0.613. The van der Waals surface area contributed by atoms with Crippen LogP contribution in [-0.2, 0) is 9.53 Å². The van der Waals surface area contributed by atoms with E-state index >= 15 is 0 Å². The Balaban J connectivity index is 1.91. The lowest BCUT2D eigenvalue weighted by atomic mass is 10.2. The van der Waals surface area contributed by atoms with E-state index in [1.54, 1.807) is 0 Å². The van der Waals surface area contributed by atoms with Crippen LogP contribution in [-0.4, -0.2) is 31.7 Å². The maximum absolute atomic E-state index is 11.7. The SMILES string of the molecule is O=C(Nc1ccccc1)[C@@H]1CNCCO1. The van der Waals surface area contributed by atoms with Gasteiger partial charge in [-0.2, -0.15) is 0 Å². The first-order valence-corrected chi connectivity index (χ1v) is 5.04. The highest BCUT2D eigenvalue weighted by atomic mass is 16.5. The van der Waals surface area contributed by atoms with Crippen molar-refractivity contribution in [2.45, 2.75) is 6.10 Å². The summed E-state index contributed by atoms with van der Waals surface area (Å²) in [6.07, 6.45) is -0.376. The molecule has 0 aromatic heterocycles. The summed E-state index contributed by atoms with van der Waals surface area (Å²) in [6, 6.07) is 9.39. The minimum absolute atomic E-state index is 0.0894. The van der Waals surface area contributed by atoms with Crippen molar-refractivity contribution >= 4 is 11.6 Å². The van der Waals surface area contributed by atoms with Crippen LogP contribution < -0.4 is 10.6 Å². The van der Waals surface area contributed by atoms with E-state index in [4.69, 9.17) is 4.74 Å². The molecule has 1 aliphatic heterocycles. The zero-order valence-electron chi connectivity index (χ0n) is 8.40. The van der Waals surface area contributed by atoms with Gasteiger partial charge in [0.05, 0.1) is 6.61 Å². The molecule has 1 atom stereocenters. The van der Waals surface area contributed by atoms with Crippen LogP contribution in [0.4, 0.5) is 5.69 Å². The lowest BCUT2D eigenvalue weighted by Crippen LogP contribution is -2.45. The van der Waals surface area contributed by atoms with Crippen LogP contribution in [0.15, 0.2) is 30.3 Å². The molecule has 1 saturated heterocycles. The van der Waals surface area contributed by atoms with Crippen LogP contribution in [0.25, 0.3) is 0 Å². The molecule has 1 heterocycles. The summed E-state index contributed by atoms with van der Waals surface area (Å²) in [5, 5.41) is 5.92. The smallest absolute Gasteiger partial charge is 0.254 e. The van der Waals surface area contributed by atoms with E-state index < -0.39 is 0 Å². The molecule has 2 N–H and O–H groups in total. The molecule has 15 heavy (non-hydrogen) atoms. The van der Waals surface area contributed by atoms with Gasteiger partial charge in [-0.05, 0) is 12.1 Å². The zero-order valence-corrected chi connectivity index (χ0v) is 8.40. The van der Waals surface area contributed by atoms with Crippen molar-refractivity contribution < 1.29 is 9.53 Å². The largest absolute Gasteiger partial charge is 0.366 e. The molecule has 4 nitrogen and oxygen atoms in total. The molecule has 0 aliphatic carbocycles. The van der Waals surface area contributed by atoms with Crippen molar-refractivity contribution in [3.05, 3.63) is 30.3 Å². The van der Waals surface area contributed by atoms with Gasteiger partial charge >= 0.3 is 0 Å². The maximum Gasteiger partial charge on any atom is 0.254 e. The van der Waals surface area contributed by atoms with E-state index in [0.717, 1.165) is 12.2 Å². The molecule has 1 amide bonds. The van der Waals surface area contributed by atoms with E-state index in [1.165, 1.54) is 0 Å². The third-order valence-electron chi connectivity index (χ3n) is 2.26. The number of hydrogen-bond acceptors (Lipinski definition) is 3. The third-order valence-corrected chi connectivity index (χ3v) is 2.26. The molecular weight excluding hydrogens is 192 g/mol. The third kappa shape index (κ3) is 2.78. The van der Waals surface area contributed by atoms with Gasteiger partial charge in [-0.3, -0.25) is 4.79 Å². The van der Waals surface area contributed by atoms with Gasteiger partial charge < -0.3 is 15.4 Å². The Bertz CT molecular complexity index is 321. The average Bonchev–Trinajstić information content (AvgIpc) is 2.31. The van der Waals surface area contributed by atoms with Gasteiger partial charge in [0.2, 0.25) is 0 Å². The van der Waals surface area contributed by atoms with Crippen LogP contribution >= 0.6 is 0 Å².